The van der Waals surface area contributed by atoms with E-state index >= 15 is 0 Å². The number of aryl methyl sites for hydroxylation is 7. The molecule has 0 bridgehead atoms. The lowest BCUT2D eigenvalue weighted by atomic mass is 9.86. The van der Waals surface area contributed by atoms with Gasteiger partial charge in [-0.3, -0.25) is 71.9 Å². The zero-order chi connectivity index (χ0) is 108. The summed E-state index contributed by atoms with van der Waals surface area (Å²) in [5.41, 5.74) is 10.0. The number of nitrogens with two attached hydrogens (primary N) is 1. The molecule has 0 unspecified atom stereocenters. The fourth-order valence-corrected chi connectivity index (χ4v) is 15.3. The van der Waals surface area contributed by atoms with E-state index in [1.54, 1.807) is 83.5 Å². The van der Waals surface area contributed by atoms with Crippen LogP contribution in [-0.4, -0.2) is 300 Å². The first-order valence-electron chi connectivity index (χ1n) is 48.9. The van der Waals surface area contributed by atoms with E-state index in [2.05, 4.69) is 120 Å². The lowest BCUT2D eigenvalue weighted by Gasteiger charge is -2.27. The fourth-order valence-electron chi connectivity index (χ4n) is 15.3. The summed E-state index contributed by atoms with van der Waals surface area (Å²) in [6, 6.07) is 16.9. The first-order chi connectivity index (χ1) is 70.6. The molecule has 9 aromatic rings. The predicted molar refractivity (Wildman–Crippen MR) is 550 cm³/mol. The van der Waals surface area contributed by atoms with Crippen molar-refractivity contribution in [3.63, 3.8) is 0 Å². The highest BCUT2D eigenvalue weighted by Gasteiger charge is 2.34. The summed E-state index contributed by atoms with van der Waals surface area (Å²) >= 11 is 0. The molecule has 48 nitrogen and oxygen atoms in total. The van der Waals surface area contributed by atoms with Crippen molar-refractivity contribution in [3.05, 3.63) is 185 Å². The molecule has 148 heavy (non-hydrogen) atoms. The maximum absolute atomic E-state index is 14.3. The topological polar surface area (TPSA) is 605 Å². The van der Waals surface area contributed by atoms with Crippen molar-refractivity contribution in [1.82, 2.24) is 99.7 Å². The number of carbonyl (C=O) groups excluding carboxylic acids is 15. The van der Waals surface area contributed by atoms with E-state index in [9.17, 15) is 77.0 Å². The number of aliphatic hydroxyl groups excluding tert-OH is 1. The number of hydrogen-bond acceptors (Lipinski definition) is 26. The van der Waals surface area contributed by atoms with Crippen LogP contribution in [-0.2, 0) is 118 Å². The largest absolute Gasteiger partial charge is 0.394 e. The average Bonchev–Trinajstić information content (AvgIpc) is 1.64. The first-order valence-corrected chi connectivity index (χ1v) is 48.9. The van der Waals surface area contributed by atoms with E-state index in [0.717, 1.165) is 30.8 Å². The van der Waals surface area contributed by atoms with Crippen LogP contribution in [0.1, 0.15) is 189 Å². The molecular weight excluding hydrogens is 1920 g/mol. The summed E-state index contributed by atoms with van der Waals surface area (Å²) in [6.45, 7) is 19.4. The molecule has 0 fully saturated rings. The summed E-state index contributed by atoms with van der Waals surface area (Å²) in [4.78, 5) is 217. The van der Waals surface area contributed by atoms with Gasteiger partial charge >= 0.3 is 0 Å². The van der Waals surface area contributed by atoms with Crippen LogP contribution in [0.2, 0.25) is 0 Å². The van der Waals surface area contributed by atoms with Crippen LogP contribution in [0.3, 0.4) is 0 Å². The Labute approximate surface area is 858 Å². The highest BCUT2D eigenvalue weighted by atomic mass is 16.6. The van der Waals surface area contributed by atoms with E-state index < -0.39 is 126 Å². The van der Waals surface area contributed by atoms with Crippen molar-refractivity contribution in [1.29, 1.82) is 0 Å². The van der Waals surface area contributed by atoms with Gasteiger partial charge in [-0.15, -0.1) is 0 Å². The number of ether oxygens (including phenoxy) is 5. The molecule has 15 amide bonds. The summed E-state index contributed by atoms with van der Waals surface area (Å²) < 4.78 is 38.3. The molecule has 7 aromatic heterocycles. The third-order valence-corrected chi connectivity index (χ3v) is 23.5. The van der Waals surface area contributed by atoms with Crippen LogP contribution in [0, 0.1) is 5.92 Å². The number of aromatic nitrogens is 10. The molecule has 7 heterocycles. The molecule has 802 valence electrons. The second-order valence-electron chi connectivity index (χ2n) is 36.8. The molecule has 0 aliphatic heterocycles. The van der Waals surface area contributed by atoms with Crippen molar-refractivity contribution in [2.45, 2.75) is 142 Å². The van der Waals surface area contributed by atoms with E-state index in [0.29, 0.717) is 29.8 Å². The Morgan fingerprint density at radius 3 is 1.36 bits per heavy atom. The van der Waals surface area contributed by atoms with E-state index in [4.69, 9.17) is 29.4 Å². The number of amides is 15. The number of nitrogens with zero attached hydrogens (tertiary/aromatic N) is 11. The Hall–Kier alpha value is -15.1. The molecule has 0 spiro atoms. The van der Waals surface area contributed by atoms with Gasteiger partial charge in [-0.05, 0) is 124 Å². The minimum absolute atomic E-state index is 0.000330. The Morgan fingerprint density at radius 2 is 0.851 bits per heavy atom. The quantitative estimate of drug-likeness (QED) is 0.0244. The number of benzene rings is 2. The van der Waals surface area contributed by atoms with Gasteiger partial charge in [-0.2, -0.15) is 0 Å². The van der Waals surface area contributed by atoms with Crippen LogP contribution in [0.25, 0.3) is 0 Å². The van der Waals surface area contributed by atoms with E-state index in [1.807, 2.05) is 70.2 Å². The van der Waals surface area contributed by atoms with Crippen LogP contribution in [0.4, 0.5) is 34.5 Å². The number of unbranched alkanes of at least 4 members (excludes halogenated alkanes) is 1. The summed E-state index contributed by atoms with van der Waals surface area (Å²) in [6.07, 6.45) is 12.1. The molecule has 0 saturated heterocycles. The highest BCUT2D eigenvalue weighted by molar-refractivity contribution is 6.09. The van der Waals surface area contributed by atoms with E-state index in [1.165, 1.54) is 90.6 Å². The molecule has 0 saturated carbocycles. The minimum atomic E-state index is -1.39. The summed E-state index contributed by atoms with van der Waals surface area (Å²) in [5, 5.41) is 50.8. The zero-order valence-electron chi connectivity index (χ0n) is 86.5. The number of aliphatic hydroxyl groups is 1. The molecule has 18 N–H and O–H groups in total. The molecular formula is C100H141N27O21. The lowest BCUT2D eigenvalue weighted by Crippen LogP contribution is -2.59. The van der Waals surface area contributed by atoms with Crippen molar-refractivity contribution < 1.29 is 101 Å². The van der Waals surface area contributed by atoms with Crippen LogP contribution in [0.5, 0.6) is 0 Å². The number of rotatable bonds is 61. The monoisotopic (exact) mass is 2060 g/mol. The Balaban J connectivity index is 0.582. The van der Waals surface area contributed by atoms with Gasteiger partial charge in [0.25, 0.3) is 47.3 Å². The Bertz CT molecular complexity index is 6000. The van der Waals surface area contributed by atoms with Gasteiger partial charge in [0, 0.05) is 137 Å². The number of nitrogens with one attached hydrogen (secondary N) is 15. The number of anilines is 6. The standard InChI is InChI=1S/C100H141N27O21/c1-16-127(17-2)39-22-21-26-71(110-92(136)72(50-62(3)4)111-86(130)63(5)106-91(135)73(51-64-24-19-18-20-25-64)112-87(131)65-28-30-66(31-29-65)100(6,7)8)90(134)113-74(61-128)89(133)104-36-40-144-42-44-146-46-48-148-49-47-147-45-43-145-41-37-105-97(141)83-115-79(58-124(83)13)114-82(129)33-35-103-94(138)77-53-69(57-122(77)11)108-98(142)84-116-80(59-125(84)14)118-88(132)70(101)32-34-102-93(137)76-52-68(56-121(76)10)109-99(143)85-117-81(60-126(85)15)119-96(140)78-54-67(55-123(78)12)107-95(139)75-27-23-38-120(75)9/h18-20,23-25,27-31,38,52-60,62-63,70-74,128H,16-17,21-22,26,32-37,39-51,61,101H2,1-15H3,(H,102,137)(H,103,138)(H,104,133)(H,105,141)(H,106,135)(H,107,139)(H,108,142)(H,109,143)(H,110,136)(H,111,130)(H,112,131)(H,113,134)(H,114,129)(H,118,132)(H,119,140)/t63-,70+,71-,72-,73-,74-/m0/s1. The van der Waals surface area contributed by atoms with Gasteiger partial charge in [0.1, 0.15) is 53.0 Å². The summed E-state index contributed by atoms with van der Waals surface area (Å²) in [7, 11) is 11.2. The maximum Gasteiger partial charge on any atom is 0.291 e. The SMILES string of the molecule is CCN(CC)CCCC[C@H](NC(=O)[C@H](CC(C)C)NC(=O)[C@H](C)NC(=O)[C@H](Cc1ccccc1)NC(=O)c1ccc(C(C)(C)C)cc1)C(=O)N[C@@H](CO)C(=O)NCCOCCOCCOCCOCCOCCNC(=O)c1nc(NC(=O)CCNC(=O)c2cc(NC(=O)c3nc(NC(=O)[C@H](N)CCNC(=O)c4cc(NC(=O)c5nc(NC(=O)c6cc(NC(=O)c7cccn7C)cn6C)cn5C)cn4C)cn3C)cn2C)cn1C. The van der Waals surface area contributed by atoms with Gasteiger partial charge in [-0.1, -0.05) is 90.9 Å². The molecule has 0 radical (unpaired) electrons. The second kappa shape index (κ2) is 57.7. The zero-order valence-corrected chi connectivity index (χ0v) is 86.5. The number of hydrogen-bond donors (Lipinski definition) is 17. The van der Waals surface area contributed by atoms with Gasteiger partial charge in [0.2, 0.25) is 58.8 Å². The summed E-state index contributed by atoms with van der Waals surface area (Å²) in [5.74, 6) is -9.01. The fraction of sp³-hybridized carbons (Fsp3) is 0.480. The highest BCUT2D eigenvalue weighted by Crippen LogP contribution is 2.25. The molecule has 0 aliphatic rings. The van der Waals surface area contributed by atoms with Crippen molar-refractivity contribution in [2.24, 2.45) is 61.0 Å². The molecule has 9 rings (SSSR count). The maximum atomic E-state index is 14.3. The molecule has 0 aliphatic carbocycles. The Morgan fingerprint density at radius 1 is 0.399 bits per heavy atom. The van der Waals surface area contributed by atoms with Gasteiger partial charge in [-0.25, -0.2) is 15.0 Å². The third kappa shape index (κ3) is 36.5. The van der Waals surface area contributed by atoms with Crippen molar-refractivity contribution in [3.8, 4) is 0 Å². The van der Waals surface area contributed by atoms with Crippen LogP contribution < -0.4 is 85.5 Å². The average molecular weight is 2060 g/mol. The van der Waals surface area contributed by atoms with Crippen LogP contribution in [0.15, 0.2) is 128 Å². The second-order valence-corrected chi connectivity index (χ2v) is 36.8. The van der Waals surface area contributed by atoms with Gasteiger partial charge in [0.05, 0.1) is 95.8 Å². The smallest absolute Gasteiger partial charge is 0.291 e. The molecule has 2 aromatic carbocycles. The van der Waals surface area contributed by atoms with Gasteiger partial charge in [0.15, 0.2) is 17.5 Å². The van der Waals surface area contributed by atoms with Crippen LogP contribution >= 0.6 is 0 Å². The number of imidazole rings is 3. The van der Waals surface area contributed by atoms with Crippen molar-refractivity contribution >= 4 is 123 Å². The normalized spacial score (nSPS) is 12.6. The molecule has 48 heteroatoms. The van der Waals surface area contributed by atoms with E-state index in [-0.39, 0.29) is 205 Å². The predicted octanol–water partition coefficient (Wildman–Crippen LogP) is 2.87. The third-order valence-electron chi connectivity index (χ3n) is 23.5. The van der Waals surface area contributed by atoms with Crippen molar-refractivity contribution in [2.75, 3.05) is 150 Å². The molecule has 6 atom stereocenters. The lowest BCUT2D eigenvalue weighted by molar-refractivity contribution is -0.135. The first kappa shape index (κ1) is 116. The Kier molecular flexibility index (Phi) is 45.4. The van der Waals surface area contributed by atoms with Gasteiger partial charge < -0.3 is 151 Å². The minimum Gasteiger partial charge on any atom is -0.394 e. The number of carbonyl (C=O) groups is 15.